The Labute approximate surface area is 221 Å². The fourth-order valence-corrected chi connectivity index (χ4v) is 6.83. The van der Waals surface area contributed by atoms with E-state index in [1.54, 1.807) is 31.2 Å². The first kappa shape index (κ1) is 26.8. The lowest BCUT2D eigenvalue weighted by Gasteiger charge is -2.26. The summed E-state index contributed by atoms with van der Waals surface area (Å²) in [7, 11) is -2.30. The molecule has 0 saturated heterocycles. The van der Waals surface area contributed by atoms with Crippen LogP contribution in [-0.4, -0.2) is 51.9 Å². The van der Waals surface area contributed by atoms with Crippen LogP contribution in [0.5, 0.6) is 0 Å². The van der Waals surface area contributed by atoms with Crippen LogP contribution in [0.15, 0.2) is 59.5 Å². The quantitative estimate of drug-likeness (QED) is 0.392. The van der Waals surface area contributed by atoms with E-state index in [2.05, 4.69) is 17.1 Å². The number of thiophene rings is 1. The van der Waals surface area contributed by atoms with Gasteiger partial charge in [0.2, 0.25) is 0 Å². The number of ether oxygens (including phenoxy) is 1. The molecule has 0 spiro atoms. The predicted molar refractivity (Wildman–Crippen MR) is 146 cm³/mol. The number of amides is 1. The molecule has 0 fully saturated rings. The zero-order valence-corrected chi connectivity index (χ0v) is 22.8. The van der Waals surface area contributed by atoms with Gasteiger partial charge in [0, 0.05) is 30.6 Å². The van der Waals surface area contributed by atoms with Gasteiger partial charge in [0.05, 0.1) is 22.8 Å². The number of para-hydroxylation sites is 1. The lowest BCUT2D eigenvalue weighted by Crippen LogP contribution is -2.30. The van der Waals surface area contributed by atoms with Crippen LogP contribution in [0.4, 0.5) is 10.7 Å². The number of hydrogen-bond donors (Lipinski definition) is 1. The Hall–Kier alpha value is -3.21. The minimum absolute atomic E-state index is 0.0743. The second-order valence-corrected chi connectivity index (χ2v) is 11.8. The Morgan fingerprint density at radius 2 is 1.78 bits per heavy atom. The normalized spacial score (nSPS) is 13.6. The van der Waals surface area contributed by atoms with Crippen molar-refractivity contribution in [1.82, 2.24) is 4.90 Å². The zero-order valence-electron chi connectivity index (χ0n) is 21.2. The molecule has 0 saturated carbocycles. The highest BCUT2D eigenvalue weighted by Gasteiger charge is 2.29. The number of nitrogens with one attached hydrogen (secondary N) is 1. The summed E-state index contributed by atoms with van der Waals surface area (Å²) < 4.78 is 32.6. The Morgan fingerprint density at radius 3 is 2.43 bits per heavy atom. The van der Waals surface area contributed by atoms with Crippen LogP contribution in [0.25, 0.3) is 0 Å². The molecule has 10 heteroatoms. The molecule has 2 heterocycles. The molecule has 1 aliphatic heterocycles. The number of carbonyl (C=O) groups is 2. The monoisotopic (exact) mass is 541 g/mol. The van der Waals surface area contributed by atoms with Crippen LogP contribution >= 0.6 is 11.3 Å². The van der Waals surface area contributed by atoms with Crippen LogP contribution in [0.2, 0.25) is 0 Å². The van der Waals surface area contributed by atoms with Gasteiger partial charge in [-0.05, 0) is 68.3 Å². The smallest absolute Gasteiger partial charge is 0.341 e. The predicted octanol–water partition coefficient (Wildman–Crippen LogP) is 4.77. The van der Waals surface area contributed by atoms with Gasteiger partial charge in [0.25, 0.3) is 15.9 Å². The van der Waals surface area contributed by atoms with Gasteiger partial charge in [0.1, 0.15) is 5.00 Å². The molecule has 1 aromatic heterocycles. The van der Waals surface area contributed by atoms with Crippen molar-refractivity contribution in [2.24, 2.45) is 0 Å². The molecule has 1 aliphatic rings. The number of fused-ring (bicyclic) bond motifs is 1. The fraction of sp³-hybridized carbons (Fsp3) is 0.333. The maximum Gasteiger partial charge on any atom is 0.341 e. The Bertz CT molecular complexity index is 1370. The lowest BCUT2D eigenvalue weighted by molar-refractivity contribution is 0.0526. The second-order valence-electron chi connectivity index (χ2n) is 8.74. The third kappa shape index (κ3) is 5.71. The first-order valence-corrected chi connectivity index (χ1v) is 14.5. The molecule has 196 valence electrons. The van der Waals surface area contributed by atoms with E-state index in [1.165, 1.54) is 47.0 Å². The van der Waals surface area contributed by atoms with Crippen molar-refractivity contribution in [3.05, 3.63) is 76.2 Å². The number of sulfonamides is 1. The van der Waals surface area contributed by atoms with Crippen molar-refractivity contribution >= 4 is 43.9 Å². The molecule has 3 aromatic rings. The highest BCUT2D eigenvalue weighted by atomic mass is 32.2. The topological polar surface area (TPSA) is 96.0 Å². The molecule has 0 atom stereocenters. The van der Waals surface area contributed by atoms with Crippen molar-refractivity contribution in [2.75, 3.05) is 36.4 Å². The van der Waals surface area contributed by atoms with Crippen LogP contribution in [-0.2, 0) is 27.7 Å². The summed E-state index contributed by atoms with van der Waals surface area (Å²) in [5.41, 5.74) is 2.19. The van der Waals surface area contributed by atoms with Crippen LogP contribution in [0.3, 0.4) is 0 Å². The minimum Gasteiger partial charge on any atom is -0.462 e. The van der Waals surface area contributed by atoms with Gasteiger partial charge in [0.15, 0.2) is 0 Å². The van der Waals surface area contributed by atoms with E-state index in [1.807, 2.05) is 6.07 Å². The molecule has 0 aliphatic carbocycles. The van der Waals surface area contributed by atoms with Gasteiger partial charge in [-0.15, -0.1) is 11.3 Å². The molecule has 2 aromatic carbocycles. The highest BCUT2D eigenvalue weighted by Crippen LogP contribution is 2.38. The van der Waals surface area contributed by atoms with E-state index in [-0.39, 0.29) is 17.1 Å². The molecule has 37 heavy (non-hydrogen) atoms. The van der Waals surface area contributed by atoms with E-state index in [0.29, 0.717) is 16.3 Å². The Balaban J connectivity index is 1.56. The van der Waals surface area contributed by atoms with Gasteiger partial charge in [-0.1, -0.05) is 25.1 Å². The third-order valence-electron chi connectivity index (χ3n) is 6.28. The summed E-state index contributed by atoms with van der Waals surface area (Å²) in [6.45, 7) is 6.69. The zero-order chi connectivity index (χ0) is 26.6. The van der Waals surface area contributed by atoms with E-state index in [9.17, 15) is 18.0 Å². The number of rotatable bonds is 9. The van der Waals surface area contributed by atoms with Gasteiger partial charge >= 0.3 is 5.97 Å². The van der Waals surface area contributed by atoms with Crippen LogP contribution in [0.1, 0.15) is 51.4 Å². The van der Waals surface area contributed by atoms with Crippen LogP contribution in [0, 0.1) is 0 Å². The average molecular weight is 542 g/mol. The average Bonchev–Trinajstić information content (AvgIpc) is 3.26. The highest BCUT2D eigenvalue weighted by molar-refractivity contribution is 7.92. The van der Waals surface area contributed by atoms with Gasteiger partial charge in [-0.2, -0.15) is 0 Å². The van der Waals surface area contributed by atoms with Crippen molar-refractivity contribution in [2.45, 2.75) is 38.1 Å². The molecule has 1 N–H and O–H groups in total. The van der Waals surface area contributed by atoms with E-state index >= 15 is 0 Å². The first-order chi connectivity index (χ1) is 17.8. The Kier molecular flexibility index (Phi) is 8.31. The molecule has 0 radical (unpaired) electrons. The molecule has 0 bridgehead atoms. The summed E-state index contributed by atoms with van der Waals surface area (Å²) in [5, 5.41) is 3.34. The van der Waals surface area contributed by atoms with Crippen molar-refractivity contribution < 1.29 is 22.7 Å². The maximum atomic E-state index is 13.1. The van der Waals surface area contributed by atoms with Crippen LogP contribution < -0.4 is 9.62 Å². The number of carbonyl (C=O) groups excluding carboxylic acids is 2. The lowest BCUT2D eigenvalue weighted by atomic mass is 10.0. The SMILES string of the molecule is CCCN1CCc2c(sc(NC(=O)c3ccc(S(=O)(=O)N(C)c4ccccc4)cc3)c2C(=O)OCC)C1. The van der Waals surface area contributed by atoms with E-state index in [0.717, 1.165) is 42.9 Å². The molecular formula is C27H31N3O5S2. The van der Waals surface area contributed by atoms with E-state index < -0.39 is 21.9 Å². The summed E-state index contributed by atoms with van der Waals surface area (Å²) in [6, 6.07) is 14.5. The number of anilines is 2. The van der Waals surface area contributed by atoms with Crippen molar-refractivity contribution in [1.29, 1.82) is 0 Å². The van der Waals surface area contributed by atoms with Crippen molar-refractivity contribution in [3.63, 3.8) is 0 Å². The molecular weight excluding hydrogens is 510 g/mol. The summed E-state index contributed by atoms with van der Waals surface area (Å²) in [4.78, 5) is 29.4. The largest absolute Gasteiger partial charge is 0.462 e. The minimum atomic E-state index is -3.79. The fourth-order valence-electron chi connectivity index (χ4n) is 4.36. The van der Waals surface area contributed by atoms with Gasteiger partial charge in [-0.3, -0.25) is 14.0 Å². The number of nitrogens with zero attached hydrogens (tertiary/aromatic N) is 2. The summed E-state index contributed by atoms with van der Waals surface area (Å²) in [5.74, 6) is -0.862. The number of benzene rings is 2. The molecule has 8 nitrogen and oxygen atoms in total. The summed E-state index contributed by atoms with van der Waals surface area (Å²) in [6.07, 6.45) is 1.76. The third-order valence-corrected chi connectivity index (χ3v) is 9.21. The van der Waals surface area contributed by atoms with Gasteiger partial charge in [-0.25, -0.2) is 13.2 Å². The maximum absolute atomic E-state index is 13.1. The second kappa shape index (κ2) is 11.5. The molecule has 4 rings (SSSR count). The van der Waals surface area contributed by atoms with Crippen molar-refractivity contribution in [3.8, 4) is 0 Å². The standard InChI is InChI=1S/C27H31N3O5S2/c1-4-16-30-17-15-22-23(18-30)36-26(24(22)27(32)35-5-2)28-25(31)19-11-13-21(14-12-19)37(33,34)29(3)20-9-7-6-8-10-20/h6-14H,4-5,15-18H2,1-3H3,(H,28,31). The first-order valence-electron chi connectivity index (χ1n) is 12.3. The van der Waals surface area contributed by atoms with Gasteiger partial charge < -0.3 is 10.1 Å². The summed E-state index contributed by atoms with van der Waals surface area (Å²) >= 11 is 1.40. The Morgan fingerprint density at radius 1 is 1.08 bits per heavy atom. The number of hydrogen-bond acceptors (Lipinski definition) is 7. The molecule has 1 amide bonds. The number of esters is 1. The molecule has 0 unspecified atom stereocenters. The van der Waals surface area contributed by atoms with E-state index in [4.69, 9.17) is 4.74 Å².